The van der Waals surface area contributed by atoms with E-state index < -0.39 is 16.4 Å². The molecule has 0 aliphatic heterocycles. The van der Waals surface area contributed by atoms with Gasteiger partial charge in [-0.15, -0.1) is 11.6 Å². The van der Waals surface area contributed by atoms with Crippen LogP contribution in [0, 0.1) is 15.9 Å². The number of rotatable bonds is 5. The van der Waals surface area contributed by atoms with Crippen molar-refractivity contribution < 1.29 is 14.1 Å². The van der Waals surface area contributed by atoms with Gasteiger partial charge in [0.25, 0.3) is 0 Å². The molecule has 0 amide bonds. The second-order valence-corrected chi connectivity index (χ2v) is 5.31. The summed E-state index contributed by atoms with van der Waals surface area (Å²) < 4.78 is 19.9. The Bertz CT molecular complexity index is 681. The fourth-order valence-electron chi connectivity index (χ4n) is 1.76. The number of nitro groups is 1. The fraction of sp³-hybridized carbons (Fsp3) is 0.143. The van der Waals surface area contributed by atoms with Crippen molar-refractivity contribution in [2.45, 2.75) is 12.5 Å². The second-order valence-electron chi connectivity index (χ2n) is 4.19. The van der Waals surface area contributed by atoms with Gasteiger partial charge in [0, 0.05) is 11.6 Å². The molecule has 0 fully saturated rings. The molecule has 2 aromatic rings. The number of hydrogen-bond donors (Lipinski definition) is 0. The number of alkyl halides is 1. The van der Waals surface area contributed by atoms with Gasteiger partial charge in [-0.2, -0.15) is 4.39 Å². The van der Waals surface area contributed by atoms with E-state index in [0.29, 0.717) is 11.3 Å². The van der Waals surface area contributed by atoms with Crippen LogP contribution in [-0.2, 0) is 12.5 Å². The molecule has 2 aromatic carbocycles. The largest absolute Gasteiger partial charge is 0.487 e. The molecule has 0 atom stereocenters. The highest BCUT2D eigenvalue weighted by Crippen LogP contribution is 2.31. The molecule has 0 bridgehead atoms. The van der Waals surface area contributed by atoms with E-state index in [2.05, 4.69) is 15.9 Å². The quantitative estimate of drug-likeness (QED) is 0.428. The molecule has 7 heteroatoms. The highest BCUT2D eigenvalue weighted by atomic mass is 79.9. The molecule has 4 nitrogen and oxygen atoms in total. The summed E-state index contributed by atoms with van der Waals surface area (Å²) in [5, 5.41) is 10.6. The zero-order chi connectivity index (χ0) is 15.4. The molecule has 21 heavy (non-hydrogen) atoms. The average molecular weight is 375 g/mol. The minimum atomic E-state index is -0.884. The van der Waals surface area contributed by atoms with Gasteiger partial charge in [0.05, 0.1) is 15.3 Å². The highest BCUT2D eigenvalue weighted by molar-refractivity contribution is 9.10. The lowest BCUT2D eigenvalue weighted by molar-refractivity contribution is -0.387. The first-order valence-corrected chi connectivity index (χ1v) is 7.24. The first-order chi connectivity index (χ1) is 10.0. The number of nitrogens with zero attached hydrogens (tertiary/aromatic N) is 1. The molecule has 0 unspecified atom stereocenters. The lowest BCUT2D eigenvalue weighted by Crippen LogP contribution is -2.00. The van der Waals surface area contributed by atoms with E-state index in [1.165, 1.54) is 6.07 Å². The minimum absolute atomic E-state index is 0.0847. The van der Waals surface area contributed by atoms with Crippen LogP contribution >= 0.6 is 27.5 Å². The van der Waals surface area contributed by atoms with Gasteiger partial charge in [-0.25, -0.2) is 0 Å². The van der Waals surface area contributed by atoms with Gasteiger partial charge in [0.1, 0.15) is 12.4 Å². The molecule has 0 radical (unpaired) electrons. The maximum atomic E-state index is 13.5. The van der Waals surface area contributed by atoms with Crippen molar-refractivity contribution in [3.8, 4) is 5.75 Å². The Labute approximate surface area is 133 Å². The monoisotopic (exact) mass is 373 g/mol. The predicted molar refractivity (Wildman–Crippen MR) is 81.1 cm³/mol. The number of ether oxygens (including phenoxy) is 1. The molecule has 0 spiro atoms. The van der Waals surface area contributed by atoms with Gasteiger partial charge < -0.3 is 4.74 Å². The number of halogens is 3. The molecule has 0 aliphatic carbocycles. The third-order valence-electron chi connectivity index (χ3n) is 2.78. The Morgan fingerprint density at radius 2 is 2.10 bits per heavy atom. The van der Waals surface area contributed by atoms with E-state index in [4.69, 9.17) is 16.3 Å². The summed E-state index contributed by atoms with van der Waals surface area (Å²) in [6, 6.07) is 9.13. The molecule has 0 N–H and O–H groups in total. The first kappa shape index (κ1) is 15.7. The zero-order valence-corrected chi connectivity index (χ0v) is 13.0. The summed E-state index contributed by atoms with van der Waals surface area (Å²) in [7, 11) is 0. The first-order valence-electron chi connectivity index (χ1n) is 5.92. The number of nitro benzene ring substituents is 1. The molecule has 0 saturated carbocycles. The summed E-state index contributed by atoms with van der Waals surface area (Å²) in [6.07, 6.45) is 0. The smallest absolute Gasteiger partial charge is 0.304 e. The van der Waals surface area contributed by atoms with Crippen molar-refractivity contribution in [1.29, 1.82) is 0 Å². The molecule has 0 saturated heterocycles. The van der Waals surface area contributed by atoms with Gasteiger partial charge in [0.15, 0.2) is 0 Å². The Morgan fingerprint density at radius 1 is 1.33 bits per heavy atom. The Hall–Kier alpha value is -1.66. The highest BCUT2D eigenvalue weighted by Gasteiger charge is 2.14. The summed E-state index contributed by atoms with van der Waals surface area (Å²) in [6.45, 7) is 0.0847. The second kappa shape index (κ2) is 6.87. The van der Waals surface area contributed by atoms with Gasteiger partial charge in [0.2, 0.25) is 5.82 Å². The van der Waals surface area contributed by atoms with Crippen LogP contribution in [0.2, 0.25) is 0 Å². The molecule has 2 rings (SSSR count). The van der Waals surface area contributed by atoms with Crippen molar-refractivity contribution in [2.75, 3.05) is 0 Å². The molecular weight excluding hydrogens is 365 g/mol. The van der Waals surface area contributed by atoms with Crippen LogP contribution in [0.25, 0.3) is 0 Å². The molecule has 0 aliphatic rings. The third kappa shape index (κ3) is 3.71. The minimum Gasteiger partial charge on any atom is -0.487 e. The molecular formula is C14H10BrClFNO3. The van der Waals surface area contributed by atoms with Gasteiger partial charge in [-0.05, 0) is 39.7 Å². The third-order valence-corrected chi connectivity index (χ3v) is 3.70. The Morgan fingerprint density at radius 3 is 2.71 bits per heavy atom. The number of hydrogen-bond acceptors (Lipinski definition) is 3. The van der Waals surface area contributed by atoms with Gasteiger partial charge >= 0.3 is 5.69 Å². The van der Waals surface area contributed by atoms with E-state index in [0.717, 1.165) is 22.2 Å². The van der Waals surface area contributed by atoms with Crippen molar-refractivity contribution in [2.24, 2.45) is 0 Å². The van der Waals surface area contributed by atoms with E-state index in [9.17, 15) is 14.5 Å². The van der Waals surface area contributed by atoms with Crippen LogP contribution in [0.4, 0.5) is 10.1 Å². The van der Waals surface area contributed by atoms with Crippen molar-refractivity contribution in [1.82, 2.24) is 0 Å². The van der Waals surface area contributed by atoms with Crippen molar-refractivity contribution >= 4 is 33.2 Å². The topological polar surface area (TPSA) is 52.4 Å². The van der Waals surface area contributed by atoms with Crippen LogP contribution in [0.1, 0.15) is 11.1 Å². The molecule has 110 valence electrons. The predicted octanol–water partition coefficient (Wildman–Crippen LogP) is 4.81. The van der Waals surface area contributed by atoms with E-state index in [1.807, 2.05) is 18.2 Å². The van der Waals surface area contributed by atoms with Gasteiger partial charge in [-0.3, -0.25) is 10.1 Å². The van der Waals surface area contributed by atoms with Crippen LogP contribution in [-0.4, -0.2) is 4.92 Å². The Kier molecular flexibility index (Phi) is 5.14. The lowest BCUT2D eigenvalue weighted by atomic mass is 10.2. The molecule has 0 heterocycles. The molecule has 0 aromatic heterocycles. The van der Waals surface area contributed by atoms with E-state index in [-0.39, 0.29) is 12.5 Å². The normalized spacial score (nSPS) is 10.4. The SMILES string of the molecule is O=[N+]([O-])c1ccc(COc2c(Br)cccc2CCl)cc1F. The van der Waals surface area contributed by atoms with E-state index >= 15 is 0 Å². The fourth-order valence-corrected chi connectivity index (χ4v) is 2.50. The average Bonchev–Trinajstić information content (AvgIpc) is 2.45. The maximum Gasteiger partial charge on any atom is 0.304 e. The van der Waals surface area contributed by atoms with Crippen molar-refractivity contribution in [3.63, 3.8) is 0 Å². The van der Waals surface area contributed by atoms with Crippen LogP contribution in [0.5, 0.6) is 5.75 Å². The van der Waals surface area contributed by atoms with Crippen LogP contribution < -0.4 is 4.74 Å². The lowest BCUT2D eigenvalue weighted by Gasteiger charge is -2.12. The summed E-state index contributed by atoms with van der Waals surface area (Å²) in [5.41, 5.74) is 0.740. The zero-order valence-electron chi connectivity index (χ0n) is 10.7. The maximum absolute atomic E-state index is 13.5. The van der Waals surface area contributed by atoms with Crippen molar-refractivity contribution in [3.05, 3.63) is 67.9 Å². The summed E-state index contributed by atoms with van der Waals surface area (Å²) >= 11 is 9.19. The standard InChI is InChI=1S/C14H10BrClFNO3/c15-11-3-1-2-10(7-16)14(11)21-8-9-4-5-13(18(19)20)12(17)6-9/h1-6H,7-8H2. The summed E-state index contributed by atoms with van der Waals surface area (Å²) in [4.78, 5) is 9.79. The van der Waals surface area contributed by atoms with Crippen LogP contribution in [0.15, 0.2) is 40.9 Å². The summed E-state index contributed by atoms with van der Waals surface area (Å²) in [5.74, 6) is -0.0271. The van der Waals surface area contributed by atoms with E-state index in [1.54, 1.807) is 0 Å². The van der Waals surface area contributed by atoms with Crippen LogP contribution in [0.3, 0.4) is 0 Å². The number of para-hydroxylation sites is 1. The van der Waals surface area contributed by atoms with Gasteiger partial charge in [-0.1, -0.05) is 12.1 Å². The number of benzene rings is 2. The Balaban J connectivity index is 2.17.